The lowest BCUT2D eigenvalue weighted by Gasteiger charge is -2.34. The Morgan fingerprint density at radius 3 is 3.00 bits per heavy atom. The summed E-state index contributed by atoms with van der Waals surface area (Å²) >= 11 is 0. The average Bonchev–Trinajstić information content (AvgIpc) is 2.19. The van der Waals surface area contributed by atoms with E-state index in [0.717, 1.165) is 12.0 Å². The Morgan fingerprint density at radius 1 is 1.60 bits per heavy atom. The van der Waals surface area contributed by atoms with Crippen molar-refractivity contribution in [1.29, 1.82) is 0 Å². The van der Waals surface area contributed by atoms with E-state index in [-0.39, 0.29) is 24.5 Å². The number of aliphatic hydroxyl groups excluding tert-OH is 1. The molecule has 2 heterocycles. The zero-order chi connectivity index (χ0) is 11.0. The summed E-state index contributed by atoms with van der Waals surface area (Å²) in [6.45, 7) is 1.89. The summed E-state index contributed by atoms with van der Waals surface area (Å²) < 4.78 is 0. The number of likely N-dealkylation sites (N-methyl/N-ethyl adjacent to an activating group) is 1. The third kappa shape index (κ3) is 1.65. The van der Waals surface area contributed by atoms with Crippen molar-refractivity contribution in [3.05, 3.63) is 29.0 Å². The van der Waals surface area contributed by atoms with Crippen LogP contribution in [0.15, 0.2) is 29.0 Å². The molecule has 0 aromatic carbocycles. The van der Waals surface area contributed by atoms with Crippen LogP contribution in [0.25, 0.3) is 0 Å². The predicted octanol–water partition coefficient (Wildman–Crippen LogP) is 0.867. The fraction of sp³-hybridized carbons (Fsp3) is 0.500. The van der Waals surface area contributed by atoms with Crippen LogP contribution >= 0.6 is 0 Å². The van der Waals surface area contributed by atoms with Crippen molar-refractivity contribution >= 4 is 5.91 Å². The minimum Gasteiger partial charge on any atom is -0.391 e. The molecule has 1 amide bonds. The highest BCUT2D eigenvalue weighted by molar-refractivity contribution is 5.85. The molecule has 0 aromatic heterocycles. The molecule has 3 nitrogen and oxygen atoms in total. The lowest BCUT2D eigenvalue weighted by Crippen LogP contribution is -2.44. The van der Waals surface area contributed by atoms with Gasteiger partial charge in [-0.15, -0.1) is 5.73 Å². The molecule has 3 rings (SSSR count). The topological polar surface area (TPSA) is 40.5 Å². The number of aliphatic hydroxyl groups is 1. The van der Waals surface area contributed by atoms with Crippen LogP contribution in [0.1, 0.15) is 13.3 Å². The first-order valence-corrected chi connectivity index (χ1v) is 5.14. The lowest BCUT2D eigenvalue weighted by atomic mass is 9.88. The Balaban J connectivity index is 2.52. The van der Waals surface area contributed by atoms with Crippen LogP contribution in [-0.2, 0) is 4.79 Å². The molecule has 3 heteroatoms. The van der Waals surface area contributed by atoms with Crippen molar-refractivity contribution < 1.29 is 9.90 Å². The largest absolute Gasteiger partial charge is 0.391 e. The van der Waals surface area contributed by atoms with Gasteiger partial charge < -0.3 is 10.0 Å². The minimum atomic E-state index is -0.313. The first kappa shape index (κ1) is 10.2. The highest BCUT2D eigenvalue weighted by Gasteiger charge is 2.32. The van der Waals surface area contributed by atoms with Gasteiger partial charge in [-0.05, 0) is 18.9 Å². The van der Waals surface area contributed by atoms with Crippen molar-refractivity contribution in [2.75, 3.05) is 13.7 Å². The maximum atomic E-state index is 11.9. The number of hydrogen-bond acceptors (Lipinski definition) is 2. The molecular weight excluding hydrogens is 190 g/mol. The second-order valence-electron chi connectivity index (χ2n) is 4.17. The Morgan fingerprint density at radius 2 is 2.33 bits per heavy atom. The number of hydrogen-bond donors (Lipinski definition) is 1. The van der Waals surface area contributed by atoms with Crippen molar-refractivity contribution in [3.63, 3.8) is 0 Å². The van der Waals surface area contributed by atoms with Gasteiger partial charge in [0.1, 0.15) is 0 Å². The van der Waals surface area contributed by atoms with Gasteiger partial charge >= 0.3 is 0 Å². The molecular formula is C12H15NO2. The zero-order valence-corrected chi connectivity index (χ0v) is 9.03. The van der Waals surface area contributed by atoms with Crippen LogP contribution < -0.4 is 0 Å². The molecule has 1 aliphatic carbocycles. The molecule has 80 valence electrons. The van der Waals surface area contributed by atoms with Gasteiger partial charge in [-0.1, -0.05) is 12.2 Å². The zero-order valence-electron chi connectivity index (χ0n) is 9.03. The summed E-state index contributed by atoms with van der Waals surface area (Å²) in [5, 5.41) is 9.23. The molecule has 0 spiro atoms. The van der Waals surface area contributed by atoms with Crippen LogP contribution in [0.3, 0.4) is 0 Å². The first-order valence-electron chi connectivity index (χ1n) is 5.14. The summed E-state index contributed by atoms with van der Waals surface area (Å²) in [6, 6.07) is 0.154. The molecule has 0 unspecified atom stereocenters. The molecule has 3 aliphatic rings. The van der Waals surface area contributed by atoms with Crippen molar-refractivity contribution in [2.45, 2.75) is 19.4 Å². The molecule has 0 aromatic rings. The maximum absolute atomic E-state index is 11.9. The SMILES string of the molecule is CC1=C=C(CO)[C@@H]2C=C[C@H](C1)N(C)C2=O. The number of rotatable bonds is 1. The summed E-state index contributed by atoms with van der Waals surface area (Å²) in [7, 11) is 1.82. The van der Waals surface area contributed by atoms with E-state index in [1.807, 2.05) is 26.1 Å². The van der Waals surface area contributed by atoms with E-state index in [2.05, 4.69) is 5.73 Å². The number of carbonyl (C=O) groups excluding carboxylic acids is 1. The minimum absolute atomic E-state index is 0.0616. The van der Waals surface area contributed by atoms with Crippen molar-refractivity contribution in [2.24, 2.45) is 5.92 Å². The fourth-order valence-electron chi connectivity index (χ4n) is 2.16. The standard InChI is InChI=1S/C12H15NO2/c1-8-5-9(7-14)11-4-3-10(6-8)13(2)12(11)15/h3-4,10-11,14H,6-7H2,1-2H3/t5?,10-,11+/m1/s1. The van der Waals surface area contributed by atoms with Gasteiger partial charge in [0.25, 0.3) is 0 Å². The van der Waals surface area contributed by atoms with Gasteiger partial charge in [-0.2, -0.15) is 0 Å². The van der Waals surface area contributed by atoms with E-state index in [9.17, 15) is 9.90 Å². The lowest BCUT2D eigenvalue weighted by molar-refractivity contribution is -0.133. The van der Waals surface area contributed by atoms with Crippen LogP contribution in [-0.4, -0.2) is 35.6 Å². The smallest absolute Gasteiger partial charge is 0.234 e. The summed E-state index contributed by atoms with van der Waals surface area (Å²) in [5.41, 5.74) is 4.91. The van der Waals surface area contributed by atoms with Crippen LogP contribution in [0, 0.1) is 5.92 Å². The van der Waals surface area contributed by atoms with Gasteiger partial charge in [0, 0.05) is 12.6 Å². The molecule has 1 N–H and O–H groups in total. The van der Waals surface area contributed by atoms with Crippen LogP contribution in [0.2, 0.25) is 0 Å². The molecule has 0 saturated heterocycles. The predicted molar refractivity (Wildman–Crippen MR) is 57.1 cm³/mol. The maximum Gasteiger partial charge on any atom is 0.234 e. The highest BCUT2D eigenvalue weighted by atomic mass is 16.3. The van der Waals surface area contributed by atoms with Crippen LogP contribution in [0.5, 0.6) is 0 Å². The van der Waals surface area contributed by atoms with Gasteiger partial charge in [-0.3, -0.25) is 4.79 Å². The molecule has 15 heavy (non-hydrogen) atoms. The molecule has 0 radical (unpaired) electrons. The number of carbonyl (C=O) groups is 1. The average molecular weight is 205 g/mol. The van der Waals surface area contributed by atoms with Crippen LogP contribution in [0.4, 0.5) is 0 Å². The van der Waals surface area contributed by atoms with E-state index < -0.39 is 0 Å². The Labute approximate surface area is 89.4 Å². The molecule has 0 fully saturated rings. The monoisotopic (exact) mass is 205 g/mol. The molecule has 2 bridgehead atoms. The van der Waals surface area contributed by atoms with Gasteiger partial charge in [-0.25, -0.2) is 0 Å². The van der Waals surface area contributed by atoms with Crippen molar-refractivity contribution in [3.8, 4) is 0 Å². The second kappa shape index (κ2) is 3.69. The van der Waals surface area contributed by atoms with Gasteiger partial charge in [0.2, 0.25) is 5.91 Å². The molecule has 2 aliphatic heterocycles. The molecule has 0 saturated carbocycles. The Bertz CT molecular complexity index is 388. The highest BCUT2D eigenvalue weighted by Crippen LogP contribution is 2.27. The number of amides is 1. The normalized spacial score (nSPS) is 29.8. The van der Waals surface area contributed by atoms with Gasteiger partial charge in [0.15, 0.2) is 0 Å². The number of nitrogens with zero attached hydrogens (tertiary/aromatic N) is 1. The van der Waals surface area contributed by atoms with E-state index in [0.29, 0.717) is 5.57 Å². The quantitative estimate of drug-likeness (QED) is 0.509. The first-order chi connectivity index (χ1) is 7.13. The fourth-order valence-corrected chi connectivity index (χ4v) is 2.16. The van der Waals surface area contributed by atoms with Gasteiger partial charge in [0.05, 0.1) is 18.6 Å². The Kier molecular flexibility index (Phi) is 2.51. The summed E-state index contributed by atoms with van der Waals surface area (Å²) in [6.07, 6.45) is 4.74. The van der Waals surface area contributed by atoms with E-state index >= 15 is 0 Å². The van der Waals surface area contributed by atoms with E-state index in [4.69, 9.17) is 0 Å². The van der Waals surface area contributed by atoms with E-state index in [1.165, 1.54) is 0 Å². The van der Waals surface area contributed by atoms with Crippen molar-refractivity contribution in [1.82, 2.24) is 4.90 Å². The summed E-state index contributed by atoms with van der Waals surface area (Å²) in [5.74, 6) is -0.252. The number of fused-ring (bicyclic) bond motifs is 2. The molecule has 2 atom stereocenters. The second-order valence-corrected chi connectivity index (χ2v) is 4.17. The third-order valence-electron chi connectivity index (χ3n) is 3.07. The third-order valence-corrected chi connectivity index (χ3v) is 3.07. The summed E-state index contributed by atoms with van der Waals surface area (Å²) in [4.78, 5) is 13.7. The van der Waals surface area contributed by atoms with E-state index in [1.54, 1.807) is 4.90 Å². The Hall–Kier alpha value is -1.31.